The van der Waals surface area contributed by atoms with Crippen molar-refractivity contribution < 1.29 is 28.8 Å². The van der Waals surface area contributed by atoms with E-state index in [0.29, 0.717) is 39.2 Å². The largest absolute Gasteiger partial charge is 0.488 e. The molecule has 0 unspecified atom stereocenters. The predicted octanol–water partition coefficient (Wildman–Crippen LogP) is 5.99. The number of aliphatic hydroxyl groups is 2. The van der Waals surface area contributed by atoms with E-state index in [2.05, 4.69) is 71.3 Å². The van der Waals surface area contributed by atoms with Crippen molar-refractivity contribution in [2.24, 2.45) is 0 Å². The summed E-state index contributed by atoms with van der Waals surface area (Å²) in [5, 5.41) is 31.9. The molecule has 0 atom stereocenters. The molecule has 2 heterocycles. The Labute approximate surface area is 319 Å². The van der Waals surface area contributed by atoms with Gasteiger partial charge in [0.05, 0.1) is 41.3 Å². The van der Waals surface area contributed by atoms with E-state index in [1.54, 1.807) is 24.4 Å². The minimum Gasteiger partial charge on any atom is -0.488 e. The Kier molecular flexibility index (Phi) is 14.5. The second-order valence-corrected chi connectivity index (χ2v) is 16.4. The first-order valence-electron chi connectivity index (χ1n) is 17.7. The van der Waals surface area contributed by atoms with Gasteiger partial charge in [0.1, 0.15) is 30.8 Å². The molecule has 3 aromatic carbocycles. The van der Waals surface area contributed by atoms with Gasteiger partial charge in [-0.15, -0.1) is 0 Å². The van der Waals surface area contributed by atoms with Gasteiger partial charge in [-0.25, -0.2) is 0 Å². The molecule has 4 aromatic rings. The highest BCUT2D eigenvalue weighted by Crippen LogP contribution is 2.40. The topological polar surface area (TPSA) is 155 Å². The van der Waals surface area contributed by atoms with Crippen LogP contribution in [0.3, 0.4) is 0 Å². The minimum atomic E-state index is -2.39. The summed E-state index contributed by atoms with van der Waals surface area (Å²) in [5.41, 5.74) is 8.77. The number of pyridine rings is 1. The van der Waals surface area contributed by atoms with Crippen LogP contribution in [0.25, 0.3) is 11.1 Å². The predicted molar refractivity (Wildman–Crippen MR) is 211 cm³/mol. The Morgan fingerprint density at radius 2 is 1.58 bits per heavy atom. The fourth-order valence-electron chi connectivity index (χ4n) is 6.29. The number of benzene rings is 3. The third-order valence-electron chi connectivity index (χ3n) is 9.73. The molecule has 11 nitrogen and oxygen atoms in total. The van der Waals surface area contributed by atoms with Gasteiger partial charge in [-0.2, -0.15) is 15.9 Å². The summed E-state index contributed by atoms with van der Waals surface area (Å²) in [5.74, 6) is 1.88. The van der Waals surface area contributed by atoms with Crippen molar-refractivity contribution in [2.75, 3.05) is 57.9 Å². The number of nitrogens with zero attached hydrogens (tertiary/aromatic N) is 4. The zero-order chi connectivity index (χ0) is 38.0. The number of rotatable bonds is 17. The zero-order valence-electron chi connectivity index (χ0n) is 30.6. The number of ether oxygens (including phenoxy) is 2. The Bertz CT molecular complexity index is 1880. The van der Waals surface area contributed by atoms with Gasteiger partial charge in [-0.05, 0) is 66.4 Å². The molecule has 0 amide bonds. The van der Waals surface area contributed by atoms with Crippen LogP contribution in [0.2, 0.25) is 5.02 Å². The van der Waals surface area contributed by atoms with Crippen molar-refractivity contribution in [1.82, 2.24) is 20.1 Å². The molecule has 0 saturated carbocycles. The second-order valence-electron chi connectivity index (χ2n) is 13.6. The lowest BCUT2D eigenvalue weighted by molar-refractivity contribution is 0.170. The van der Waals surface area contributed by atoms with Gasteiger partial charge in [0.15, 0.2) is 0 Å². The lowest BCUT2D eigenvalue weighted by atomic mass is 9.91. The maximum Gasteiger partial charge on any atom is 0.142 e. The first-order chi connectivity index (χ1) is 25.5. The molecule has 1 aliphatic rings. The summed E-state index contributed by atoms with van der Waals surface area (Å²) in [7, 11) is -0.260. The Balaban J connectivity index is 1.29. The molecule has 1 aliphatic heterocycles. The molecule has 0 spiro atoms. The van der Waals surface area contributed by atoms with Crippen LogP contribution in [0.4, 0.5) is 0 Å². The highest BCUT2D eigenvalue weighted by molar-refractivity contribution is 8.24. The average molecular weight is 764 g/mol. The number of hydrogen-bond donors (Lipinski definition) is 5. The quantitative estimate of drug-likeness (QED) is 0.0862. The van der Waals surface area contributed by atoms with Crippen LogP contribution in [0.5, 0.6) is 11.5 Å². The highest BCUT2D eigenvalue weighted by Gasteiger charge is 2.22. The van der Waals surface area contributed by atoms with Crippen molar-refractivity contribution in [3.05, 3.63) is 111 Å². The molecular formula is C40H50ClN5O6S. The minimum absolute atomic E-state index is 0.157. The SMILES string of the molecule is Cc1c(COc2cc(OCc3cncc(C#N)c3)c(CNC(CO)CO)cc2Cl)cccc1-c1cccc(CN(C)CCN2CCS(O)(O)CC2)c1C. The van der Waals surface area contributed by atoms with E-state index >= 15 is 0 Å². The van der Waals surface area contributed by atoms with Crippen molar-refractivity contribution in [3.8, 4) is 28.7 Å². The fraction of sp³-hybridized carbons (Fsp3) is 0.400. The van der Waals surface area contributed by atoms with Gasteiger partial charge < -0.3 is 29.9 Å². The molecule has 0 radical (unpaired) electrons. The Hall–Kier alpha value is -3.74. The van der Waals surface area contributed by atoms with E-state index < -0.39 is 16.6 Å². The molecule has 1 saturated heterocycles. The van der Waals surface area contributed by atoms with Gasteiger partial charge in [-0.1, -0.05) is 48.0 Å². The van der Waals surface area contributed by atoms with Crippen LogP contribution in [0.1, 0.15) is 38.9 Å². The van der Waals surface area contributed by atoms with E-state index in [0.717, 1.165) is 55.0 Å². The van der Waals surface area contributed by atoms with Crippen LogP contribution in [-0.2, 0) is 26.3 Å². The number of halogens is 1. The molecule has 5 rings (SSSR count). The van der Waals surface area contributed by atoms with E-state index in [1.165, 1.54) is 22.9 Å². The van der Waals surface area contributed by atoms with Crippen LogP contribution < -0.4 is 14.8 Å². The zero-order valence-corrected chi connectivity index (χ0v) is 32.2. The Morgan fingerprint density at radius 3 is 2.26 bits per heavy atom. The summed E-state index contributed by atoms with van der Waals surface area (Å²) in [4.78, 5) is 8.75. The maximum atomic E-state index is 9.93. The van der Waals surface area contributed by atoms with Crippen LogP contribution in [-0.4, -0.2) is 98.1 Å². The number of hydrogen-bond acceptors (Lipinski definition) is 11. The summed E-state index contributed by atoms with van der Waals surface area (Å²) in [6, 6.07) is 19.5. The van der Waals surface area contributed by atoms with E-state index in [-0.39, 0.29) is 33.0 Å². The lowest BCUT2D eigenvalue weighted by Crippen LogP contribution is -2.41. The van der Waals surface area contributed by atoms with Crippen LogP contribution in [0, 0.1) is 25.2 Å². The molecule has 0 aliphatic carbocycles. The van der Waals surface area contributed by atoms with E-state index in [4.69, 9.17) is 21.1 Å². The first kappa shape index (κ1) is 40.4. The normalized spacial score (nSPS) is 15.0. The Morgan fingerprint density at radius 1 is 0.925 bits per heavy atom. The average Bonchev–Trinajstić information content (AvgIpc) is 3.15. The van der Waals surface area contributed by atoms with Crippen LogP contribution in [0.15, 0.2) is 67.0 Å². The number of aromatic nitrogens is 1. The van der Waals surface area contributed by atoms with Gasteiger partial charge in [0, 0.05) is 68.9 Å². The summed E-state index contributed by atoms with van der Waals surface area (Å²) in [6.45, 7) is 8.56. The molecule has 53 heavy (non-hydrogen) atoms. The van der Waals surface area contributed by atoms with Gasteiger partial charge in [0.25, 0.3) is 0 Å². The molecule has 0 bridgehead atoms. The number of nitriles is 1. The molecule has 13 heteroatoms. The van der Waals surface area contributed by atoms with E-state index in [9.17, 15) is 24.6 Å². The molecule has 284 valence electrons. The van der Waals surface area contributed by atoms with E-state index in [1.807, 2.05) is 12.1 Å². The summed E-state index contributed by atoms with van der Waals surface area (Å²) < 4.78 is 32.4. The molecular weight excluding hydrogens is 714 g/mol. The number of aliphatic hydroxyl groups excluding tert-OH is 2. The first-order valence-corrected chi connectivity index (χ1v) is 20.0. The summed E-state index contributed by atoms with van der Waals surface area (Å²) >= 11 is 6.75. The monoisotopic (exact) mass is 763 g/mol. The van der Waals surface area contributed by atoms with Gasteiger partial charge in [-0.3, -0.25) is 19.0 Å². The molecule has 1 aromatic heterocycles. The van der Waals surface area contributed by atoms with Crippen molar-refractivity contribution >= 4 is 22.2 Å². The highest BCUT2D eigenvalue weighted by atomic mass is 35.5. The van der Waals surface area contributed by atoms with Crippen molar-refractivity contribution in [3.63, 3.8) is 0 Å². The maximum absolute atomic E-state index is 9.93. The fourth-order valence-corrected chi connectivity index (χ4v) is 7.84. The van der Waals surface area contributed by atoms with Gasteiger partial charge >= 0.3 is 0 Å². The number of nitrogens with one attached hydrogen (secondary N) is 1. The van der Waals surface area contributed by atoms with Crippen molar-refractivity contribution in [2.45, 2.75) is 46.2 Å². The van der Waals surface area contributed by atoms with Gasteiger partial charge in [0.2, 0.25) is 0 Å². The molecule has 1 fully saturated rings. The smallest absolute Gasteiger partial charge is 0.142 e. The standard InChI is InChI=1S/C40H50ClN5O6S/c1-28-32(23-45(3)10-11-46-12-14-53(49,50)15-13-46)6-4-8-36(28)37-9-5-7-33(29(37)2)27-52-40-18-39(51-26-31-16-30(19-42)20-43-21-31)34(17-38(40)41)22-44-35(24-47)25-48/h4-9,16-18,20-21,35,44,47-50H,10-15,22-27H2,1-3H3. The van der Waals surface area contributed by atoms with Crippen molar-refractivity contribution in [1.29, 1.82) is 5.26 Å². The third-order valence-corrected chi connectivity index (χ3v) is 11.7. The molecule has 5 N–H and O–H groups in total. The third kappa shape index (κ3) is 11.1. The summed E-state index contributed by atoms with van der Waals surface area (Å²) in [6.07, 6.45) is 3.13. The number of likely N-dealkylation sites (N-methyl/N-ethyl adjacent to an activating group) is 1. The lowest BCUT2D eigenvalue weighted by Gasteiger charge is -2.41. The van der Waals surface area contributed by atoms with Crippen LogP contribution >= 0.6 is 22.2 Å². The second kappa shape index (κ2) is 19.0.